The average molecular weight is 355 g/mol. The zero-order chi connectivity index (χ0) is 18.5. The van der Waals surface area contributed by atoms with E-state index in [2.05, 4.69) is 0 Å². The highest BCUT2D eigenvalue weighted by Gasteiger charge is 2.52. The fourth-order valence-electron chi connectivity index (χ4n) is 3.04. The summed E-state index contributed by atoms with van der Waals surface area (Å²) >= 11 is 0. The van der Waals surface area contributed by atoms with Gasteiger partial charge in [0.15, 0.2) is 5.54 Å². The number of ether oxygens (including phenoxy) is 1. The summed E-state index contributed by atoms with van der Waals surface area (Å²) in [6, 6.07) is 29.7. The number of aliphatic imine (C=N–C) groups is 1. The Hall–Kier alpha value is -3.20. The lowest BCUT2D eigenvalue weighted by atomic mass is 10.0. The Bertz CT molecular complexity index is 888. The van der Waals surface area contributed by atoms with Crippen molar-refractivity contribution in [1.82, 2.24) is 0 Å². The highest BCUT2D eigenvalue weighted by atomic mass is 16.5. The maximum Gasteiger partial charge on any atom is 0.334 e. The van der Waals surface area contributed by atoms with Gasteiger partial charge in [-0.2, -0.15) is 0 Å². The van der Waals surface area contributed by atoms with Crippen LogP contribution < -0.4 is 0 Å². The van der Waals surface area contributed by atoms with Crippen molar-refractivity contribution in [1.29, 1.82) is 0 Å². The number of hydrogen-bond donors (Lipinski definition) is 0. The largest absolute Gasteiger partial charge is 0.459 e. The van der Waals surface area contributed by atoms with E-state index in [1.165, 1.54) is 0 Å². The molecule has 0 bridgehead atoms. The van der Waals surface area contributed by atoms with Crippen LogP contribution >= 0.6 is 0 Å². The molecule has 0 radical (unpaired) electrons. The third-order valence-electron chi connectivity index (χ3n) is 4.74. The third-order valence-corrected chi connectivity index (χ3v) is 4.74. The van der Waals surface area contributed by atoms with Crippen molar-refractivity contribution in [3.05, 3.63) is 108 Å². The summed E-state index contributed by atoms with van der Waals surface area (Å²) in [6.45, 7) is 0.281. The normalized spacial score (nSPS) is 14.2. The Morgan fingerprint density at radius 3 is 1.74 bits per heavy atom. The van der Waals surface area contributed by atoms with E-state index in [0.717, 1.165) is 35.2 Å². The van der Waals surface area contributed by atoms with Crippen LogP contribution in [-0.2, 0) is 16.1 Å². The van der Waals surface area contributed by atoms with Crippen LogP contribution in [0.1, 0.15) is 29.5 Å². The van der Waals surface area contributed by atoms with Gasteiger partial charge in [-0.15, -0.1) is 0 Å². The summed E-state index contributed by atoms with van der Waals surface area (Å²) < 4.78 is 5.58. The summed E-state index contributed by atoms with van der Waals surface area (Å²) in [7, 11) is 0. The second kappa shape index (κ2) is 7.58. The van der Waals surface area contributed by atoms with Crippen LogP contribution in [0.5, 0.6) is 0 Å². The Morgan fingerprint density at radius 1 is 0.778 bits per heavy atom. The van der Waals surface area contributed by atoms with Gasteiger partial charge in [0.25, 0.3) is 0 Å². The summed E-state index contributed by atoms with van der Waals surface area (Å²) in [5, 5.41) is 0. The Balaban J connectivity index is 1.60. The number of hydrogen-bond acceptors (Lipinski definition) is 3. The van der Waals surface area contributed by atoms with E-state index < -0.39 is 5.54 Å². The van der Waals surface area contributed by atoms with E-state index in [9.17, 15) is 4.79 Å². The van der Waals surface area contributed by atoms with Crippen molar-refractivity contribution in [3.63, 3.8) is 0 Å². The average Bonchev–Trinajstić information content (AvgIpc) is 3.53. The van der Waals surface area contributed by atoms with Gasteiger partial charge in [-0.1, -0.05) is 91.0 Å². The number of nitrogens with zero attached hydrogens (tertiary/aromatic N) is 1. The van der Waals surface area contributed by atoms with Crippen molar-refractivity contribution in [2.24, 2.45) is 4.99 Å². The van der Waals surface area contributed by atoms with Crippen molar-refractivity contribution in [2.45, 2.75) is 25.0 Å². The minimum absolute atomic E-state index is 0.240. The molecule has 0 saturated heterocycles. The first-order valence-corrected chi connectivity index (χ1v) is 9.19. The van der Waals surface area contributed by atoms with Crippen LogP contribution in [0, 0.1) is 0 Å². The van der Waals surface area contributed by atoms with Gasteiger partial charge >= 0.3 is 5.97 Å². The Morgan fingerprint density at radius 2 is 1.26 bits per heavy atom. The molecule has 3 heteroatoms. The maximum absolute atomic E-state index is 12.8. The molecule has 3 nitrogen and oxygen atoms in total. The predicted octanol–water partition coefficient (Wildman–Crippen LogP) is 4.80. The van der Waals surface area contributed by atoms with Gasteiger partial charge in [0.05, 0.1) is 5.71 Å². The van der Waals surface area contributed by atoms with Gasteiger partial charge in [0.1, 0.15) is 6.61 Å². The van der Waals surface area contributed by atoms with Gasteiger partial charge in [0, 0.05) is 11.1 Å². The SMILES string of the molecule is O=C(OCc1ccccc1)C1(N=C(c2ccccc2)c2ccccc2)CC1. The lowest BCUT2D eigenvalue weighted by molar-refractivity contribution is -0.147. The first-order chi connectivity index (χ1) is 13.3. The highest BCUT2D eigenvalue weighted by molar-refractivity contribution is 6.14. The lowest BCUT2D eigenvalue weighted by Crippen LogP contribution is -2.25. The molecule has 0 unspecified atom stereocenters. The van der Waals surface area contributed by atoms with E-state index in [4.69, 9.17) is 9.73 Å². The monoisotopic (exact) mass is 355 g/mol. The zero-order valence-corrected chi connectivity index (χ0v) is 15.0. The van der Waals surface area contributed by atoms with E-state index in [1.54, 1.807) is 0 Å². The molecule has 0 N–H and O–H groups in total. The van der Waals surface area contributed by atoms with Crippen LogP contribution in [0.3, 0.4) is 0 Å². The first kappa shape index (κ1) is 17.2. The van der Waals surface area contributed by atoms with Crippen molar-refractivity contribution in [3.8, 4) is 0 Å². The molecular formula is C24H21NO2. The fraction of sp³-hybridized carbons (Fsp3) is 0.167. The minimum atomic E-state index is -0.754. The van der Waals surface area contributed by atoms with E-state index >= 15 is 0 Å². The predicted molar refractivity (Wildman–Crippen MR) is 107 cm³/mol. The lowest BCUT2D eigenvalue weighted by Gasteiger charge is -2.14. The molecule has 27 heavy (non-hydrogen) atoms. The number of carbonyl (C=O) groups excluding carboxylic acids is 1. The molecule has 1 fully saturated rings. The second-order valence-electron chi connectivity index (χ2n) is 6.79. The van der Waals surface area contributed by atoms with Crippen molar-refractivity contribution < 1.29 is 9.53 Å². The number of benzene rings is 3. The smallest absolute Gasteiger partial charge is 0.334 e. The van der Waals surface area contributed by atoms with Gasteiger partial charge in [0.2, 0.25) is 0 Å². The molecule has 1 aliphatic rings. The van der Waals surface area contributed by atoms with Crippen LogP contribution in [0.2, 0.25) is 0 Å². The molecule has 0 atom stereocenters. The second-order valence-corrected chi connectivity index (χ2v) is 6.79. The Kier molecular flexibility index (Phi) is 4.84. The first-order valence-electron chi connectivity index (χ1n) is 9.19. The fourth-order valence-corrected chi connectivity index (χ4v) is 3.04. The zero-order valence-electron chi connectivity index (χ0n) is 15.0. The molecule has 0 amide bonds. The summed E-state index contributed by atoms with van der Waals surface area (Å²) in [5.41, 5.74) is 3.08. The molecular weight excluding hydrogens is 334 g/mol. The topological polar surface area (TPSA) is 38.7 Å². The van der Waals surface area contributed by atoms with E-state index in [1.807, 2.05) is 91.0 Å². The standard InChI is InChI=1S/C24H21NO2/c26-23(27-18-19-10-4-1-5-11-19)24(16-17-24)25-22(20-12-6-2-7-13-20)21-14-8-3-9-15-21/h1-15H,16-18H2. The van der Waals surface area contributed by atoms with Gasteiger partial charge < -0.3 is 4.74 Å². The molecule has 134 valence electrons. The molecule has 0 spiro atoms. The molecule has 1 aliphatic carbocycles. The van der Waals surface area contributed by atoms with E-state index in [-0.39, 0.29) is 12.6 Å². The van der Waals surface area contributed by atoms with Crippen LogP contribution in [-0.4, -0.2) is 17.2 Å². The van der Waals surface area contributed by atoms with Gasteiger partial charge in [-0.25, -0.2) is 4.79 Å². The molecule has 0 heterocycles. The maximum atomic E-state index is 12.8. The van der Waals surface area contributed by atoms with Crippen LogP contribution in [0.4, 0.5) is 0 Å². The quantitative estimate of drug-likeness (QED) is 0.471. The molecule has 3 aromatic rings. The summed E-state index contributed by atoms with van der Waals surface area (Å²) in [5.74, 6) is -0.240. The molecule has 1 saturated carbocycles. The summed E-state index contributed by atoms with van der Waals surface area (Å²) in [4.78, 5) is 17.7. The van der Waals surface area contributed by atoms with Gasteiger partial charge in [-0.3, -0.25) is 4.99 Å². The Labute approximate surface area is 159 Å². The number of rotatable bonds is 6. The molecule has 0 aliphatic heterocycles. The highest BCUT2D eigenvalue weighted by Crippen LogP contribution is 2.42. The number of esters is 1. The van der Waals surface area contributed by atoms with Crippen LogP contribution in [0.15, 0.2) is 96.0 Å². The molecule has 0 aromatic heterocycles. The minimum Gasteiger partial charge on any atom is -0.459 e. The van der Waals surface area contributed by atoms with E-state index in [0.29, 0.717) is 0 Å². The summed E-state index contributed by atoms with van der Waals surface area (Å²) in [6.07, 6.45) is 1.45. The number of carbonyl (C=O) groups is 1. The molecule has 3 aromatic carbocycles. The third kappa shape index (κ3) is 3.98. The molecule has 4 rings (SSSR count). The van der Waals surface area contributed by atoms with Crippen molar-refractivity contribution in [2.75, 3.05) is 0 Å². The van der Waals surface area contributed by atoms with Crippen LogP contribution in [0.25, 0.3) is 0 Å². The van der Waals surface area contributed by atoms with Crippen molar-refractivity contribution >= 4 is 11.7 Å². The van der Waals surface area contributed by atoms with Gasteiger partial charge in [-0.05, 0) is 18.4 Å².